The topological polar surface area (TPSA) is 129 Å². The van der Waals surface area contributed by atoms with Crippen molar-refractivity contribution in [2.75, 3.05) is 31.5 Å². The third kappa shape index (κ3) is 9.73. The summed E-state index contributed by atoms with van der Waals surface area (Å²) >= 11 is 1.56. The number of amides is 1. The van der Waals surface area contributed by atoms with Crippen molar-refractivity contribution in [3.8, 4) is 16.9 Å². The van der Waals surface area contributed by atoms with Crippen molar-refractivity contribution < 1.29 is 36.6 Å². The molecule has 3 aromatic heterocycles. The van der Waals surface area contributed by atoms with E-state index in [0.717, 1.165) is 53.2 Å². The van der Waals surface area contributed by atoms with E-state index in [1.54, 1.807) is 29.5 Å². The van der Waals surface area contributed by atoms with E-state index >= 15 is 8.78 Å². The Morgan fingerprint density at radius 3 is 2.27 bits per heavy atom. The van der Waals surface area contributed by atoms with Crippen molar-refractivity contribution in [3.63, 3.8) is 0 Å². The normalized spacial score (nSPS) is 11.3. The summed E-state index contributed by atoms with van der Waals surface area (Å²) < 4.78 is 62.7. The van der Waals surface area contributed by atoms with Crippen LogP contribution in [0.3, 0.4) is 0 Å². The highest BCUT2D eigenvalue weighted by Crippen LogP contribution is 2.32. The molecule has 0 fully saturated rings. The van der Waals surface area contributed by atoms with Gasteiger partial charge in [-0.15, -0.1) is 11.3 Å². The lowest BCUT2D eigenvalue weighted by molar-refractivity contribution is -0.192. The lowest BCUT2D eigenvalue weighted by Gasteiger charge is -2.18. The average Bonchev–Trinajstić information content (AvgIpc) is 3.62. The predicted octanol–water partition coefficient (Wildman–Crippen LogP) is 6.80. The highest BCUT2D eigenvalue weighted by Gasteiger charge is 2.38. The van der Waals surface area contributed by atoms with Crippen molar-refractivity contribution in [1.29, 1.82) is 0 Å². The zero-order chi connectivity index (χ0) is 37.3. The zero-order valence-electron chi connectivity index (χ0n) is 27.9. The van der Waals surface area contributed by atoms with Crippen molar-refractivity contribution in [3.05, 3.63) is 104 Å². The zero-order valence-corrected chi connectivity index (χ0v) is 28.7. The molecule has 16 heteroatoms. The van der Waals surface area contributed by atoms with Gasteiger partial charge in [0.25, 0.3) is 11.5 Å². The Hall–Kier alpha value is -5.22. The van der Waals surface area contributed by atoms with Gasteiger partial charge in [-0.25, -0.2) is 18.6 Å². The second-order valence-corrected chi connectivity index (χ2v) is 12.1. The minimum absolute atomic E-state index is 0.0460. The molecule has 0 atom stereocenters. The van der Waals surface area contributed by atoms with Crippen LogP contribution in [0.4, 0.5) is 27.9 Å². The number of rotatable bonds is 12. The molecular weight excluding hydrogens is 695 g/mol. The molecule has 5 aromatic rings. The molecule has 0 saturated heterocycles. The number of hydrogen-bond acceptors (Lipinski definition) is 8. The number of carbonyl (C=O) groups excluding carboxylic acids is 1. The Morgan fingerprint density at radius 2 is 1.67 bits per heavy atom. The highest BCUT2D eigenvalue weighted by atomic mass is 32.1. The maximum atomic E-state index is 15.0. The van der Waals surface area contributed by atoms with E-state index < -0.39 is 35.0 Å². The van der Waals surface area contributed by atoms with Gasteiger partial charge in [0.15, 0.2) is 5.65 Å². The molecule has 3 heterocycles. The van der Waals surface area contributed by atoms with E-state index in [1.807, 2.05) is 30.5 Å². The number of nitrogens with zero attached hydrogens (tertiary/aromatic N) is 4. The summed E-state index contributed by atoms with van der Waals surface area (Å²) in [5.41, 5.74) is 1.20. The quantitative estimate of drug-likeness (QED) is 0.0945. The van der Waals surface area contributed by atoms with Gasteiger partial charge in [0, 0.05) is 34.0 Å². The number of carbonyl (C=O) groups is 2. The number of halogens is 5. The molecule has 0 radical (unpaired) electrons. The Bertz CT molecular complexity index is 2030. The number of anilines is 1. The van der Waals surface area contributed by atoms with E-state index in [-0.39, 0.29) is 17.5 Å². The highest BCUT2D eigenvalue weighted by molar-refractivity contribution is 7.09. The molecule has 2 aromatic carbocycles. The van der Waals surface area contributed by atoms with Gasteiger partial charge in [-0.3, -0.25) is 14.2 Å². The van der Waals surface area contributed by atoms with Crippen LogP contribution in [0.2, 0.25) is 0 Å². The first-order valence-electron chi connectivity index (χ1n) is 15.8. The van der Waals surface area contributed by atoms with Crippen molar-refractivity contribution in [1.82, 2.24) is 24.8 Å². The van der Waals surface area contributed by atoms with Gasteiger partial charge in [-0.2, -0.15) is 18.2 Å². The summed E-state index contributed by atoms with van der Waals surface area (Å²) in [5.74, 6) is -4.59. The SMILES string of the molecule is CCN(CC)CCCNc1nc(-c2cc(C(=O)NCc3cccs3)ccc2C)c2ccc(=O)n(-c3c(F)cccc3F)c2n1.O=C(O)C(F)(F)F. The van der Waals surface area contributed by atoms with Crippen LogP contribution >= 0.6 is 11.3 Å². The van der Waals surface area contributed by atoms with E-state index in [1.165, 1.54) is 12.1 Å². The van der Waals surface area contributed by atoms with Gasteiger partial charge >= 0.3 is 12.1 Å². The van der Waals surface area contributed by atoms with Crippen LogP contribution in [-0.4, -0.2) is 68.8 Å². The van der Waals surface area contributed by atoms with Crippen LogP contribution in [0.5, 0.6) is 0 Å². The number of thiophene rings is 1. The predicted molar refractivity (Wildman–Crippen MR) is 185 cm³/mol. The summed E-state index contributed by atoms with van der Waals surface area (Å²) in [7, 11) is 0. The molecule has 10 nitrogen and oxygen atoms in total. The van der Waals surface area contributed by atoms with E-state index in [0.29, 0.717) is 35.3 Å². The van der Waals surface area contributed by atoms with E-state index in [9.17, 15) is 22.8 Å². The van der Waals surface area contributed by atoms with E-state index in [2.05, 4.69) is 34.4 Å². The number of alkyl halides is 3. The van der Waals surface area contributed by atoms with Gasteiger partial charge in [0.2, 0.25) is 5.95 Å². The fraction of sp³-hybridized carbons (Fsp3) is 0.286. The first-order valence-corrected chi connectivity index (χ1v) is 16.7. The number of aromatic nitrogens is 3. The van der Waals surface area contributed by atoms with Gasteiger partial charge in [-0.05, 0) is 80.3 Å². The number of hydrogen-bond donors (Lipinski definition) is 3. The van der Waals surface area contributed by atoms with Gasteiger partial charge in [-0.1, -0.05) is 32.0 Å². The van der Waals surface area contributed by atoms with E-state index in [4.69, 9.17) is 14.9 Å². The third-order valence-corrected chi connectivity index (χ3v) is 8.62. The van der Waals surface area contributed by atoms with Crippen LogP contribution in [0.1, 0.15) is 41.1 Å². The lowest BCUT2D eigenvalue weighted by atomic mass is 9.99. The van der Waals surface area contributed by atoms with Crippen molar-refractivity contribution in [2.45, 2.75) is 39.9 Å². The first kappa shape index (κ1) is 38.6. The molecular formula is C35H35F5N6O4S. The molecule has 0 aliphatic carbocycles. The Balaban J connectivity index is 0.000000755. The molecule has 270 valence electrons. The molecule has 0 saturated carbocycles. The Morgan fingerprint density at radius 1 is 0.980 bits per heavy atom. The summed E-state index contributed by atoms with van der Waals surface area (Å²) in [6.07, 6.45) is -4.28. The first-order chi connectivity index (χ1) is 24.2. The fourth-order valence-electron chi connectivity index (χ4n) is 5.06. The molecule has 0 bridgehead atoms. The van der Waals surface area contributed by atoms with Crippen LogP contribution in [0, 0.1) is 18.6 Å². The minimum Gasteiger partial charge on any atom is -0.475 e. The second-order valence-electron chi connectivity index (χ2n) is 11.1. The van der Waals surface area contributed by atoms with Gasteiger partial charge in [0.05, 0.1) is 12.2 Å². The van der Waals surface area contributed by atoms with Crippen LogP contribution in [-0.2, 0) is 11.3 Å². The van der Waals surface area contributed by atoms with Gasteiger partial charge in [0.1, 0.15) is 17.3 Å². The summed E-state index contributed by atoms with van der Waals surface area (Å²) in [6.45, 7) is 9.78. The number of aliphatic carboxylic acids is 1. The molecule has 0 aliphatic heterocycles. The summed E-state index contributed by atoms with van der Waals surface area (Å²) in [6, 6.07) is 15.4. The second kappa shape index (κ2) is 17.1. The van der Waals surface area contributed by atoms with Gasteiger partial charge < -0.3 is 20.6 Å². The molecule has 0 unspecified atom stereocenters. The molecule has 0 spiro atoms. The smallest absolute Gasteiger partial charge is 0.475 e. The van der Waals surface area contributed by atoms with Crippen LogP contribution in [0.15, 0.2) is 70.8 Å². The minimum atomic E-state index is -5.08. The number of benzene rings is 2. The number of pyridine rings is 1. The number of carboxylic acid groups (broad SMARTS) is 1. The van der Waals surface area contributed by atoms with Crippen LogP contribution < -0.4 is 16.2 Å². The van der Waals surface area contributed by atoms with Crippen molar-refractivity contribution in [2.24, 2.45) is 0 Å². The van der Waals surface area contributed by atoms with Crippen molar-refractivity contribution >= 4 is 40.2 Å². The fourth-order valence-corrected chi connectivity index (χ4v) is 5.71. The molecule has 5 rings (SSSR count). The monoisotopic (exact) mass is 730 g/mol. The molecule has 1 amide bonds. The maximum absolute atomic E-state index is 15.0. The number of carboxylic acids is 1. The maximum Gasteiger partial charge on any atom is 0.490 e. The summed E-state index contributed by atoms with van der Waals surface area (Å²) in [4.78, 5) is 47.9. The number of fused-ring (bicyclic) bond motifs is 1. The average molecular weight is 731 g/mol. The Labute approximate surface area is 293 Å². The Kier molecular flexibility index (Phi) is 13.0. The third-order valence-electron chi connectivity index (χ3n) is 7.74. The number of aryl methyl sites for hydroxylation is 1. The summed E-state index contributed by atoms with van der Waals surface area (Å²) in [5, 5.41) is 15.7. The molecule has 3 N–H and O–H groups in total. The number of nitrogens with one attached hydrogen (secondary N) is 2. The largest absolute Gasteiger partial charge is 0.490 e. The molecule has 0 aliphatic rings. The van der Waals surface area contributed by atoms with Crippen LogP contribution in [0.25, 0.3) is 28.0 Å². The lowest BCUT2D eigenvalue weighted by Crippen LogP contribution is -2.25. The standard InChI is InChI=1S/C33H34F2N6O2S.C2HF3O2/c1-4-40(5-2)17-8-16-36-33-38-29(25-19-22(13-12-21(25)3)32(43)37-20-23-9-7-18-44-23)24-14-15-28(42)41(31(24)39-33)30-26(34)10-6-11-27(30)35;3-2(4,5)1(6)7/h6-7,9-15,18-19H,4-5,8,16-17,20H2,1-3H3,(H,37,43)(H,36,38,39);(H,6,7). The number of para-hydroxylation sites is 1. The molecule has 51 heavy (non-hydrogen) atoms.